The van der Waals surface area contributed by atoms with Crippen molar-refractivity contribution in [3.8, 4) is 0 Å². The molecule has 0 radical (unpaired) electrons. The van der Waals surface area contributed by atoms with Crippen LogP contribution < -0.4 is 10.0 Å². The first kappa shape index (κ1) is 18.0. The van der Waals surface area contributed by atoms with Crippen molar-refractivity contribution in [2.75, 3.05) is 5.75 Å². The van der Waals surface area contributed by atoms with E-state index in [-0.39, 0.29) is 23.3 Å². The van der Waals surface area contributed by atoms with Crippen molar-refractivity contribution in [1.29, 1.82) is 0 Å². The monoisotopic (exact) mass is 334 g/mol. The van der Waals surface area contributed by atoms with Gasteiger partial charge in [0.25, 0.3) is 0 Å². The molecule has 0 aromatic heterocycles. The maximum absolute atomic E-state index is 11.4. The summed E-state index contributed by atoms with van der Waals surface area (Å²) in [7, 11) is 0. The first-order chi connectivity index (χ1) is 11.0. The molecule has 2 rings (SSSR count). The zero-order chi connectivity index (χ0) is 16.7. The van der Waals surface area contributed by atoms with Crippen molar-refractivity contribution in [3.63, 3.8) is 0 Å². The number of unbranched alkanes of at least 4 members (excludes halogenated alkanes) is 2. The fourth-order valence-corrected chi connectivity index (χ4v) is 3.66. The second kappa shape index (κ2) is 8.50. The molecule has 0 spiro atoms. The normalized spacial score (nSPS) is 18.3. The molecular formula is C18H26N2O2S. The number of benzene rings is 1. The van der Waals surface area contributed by atoms with Crippen LogP contribution in [0.15, 0.2) is 30.3 Å². The van der Waals surface area contributed by atoms with Gasteiger partial charge in [-0.25, -0.2) is 0 Å². The Bertz CT molecular complexity index is 531. The highest BCUT2D eigenvalue weighted by atomic mass is 32.2. The van der Waals surface area contributed by atoms with Crippen LogP contribution in [-0.2, 0) is 15.1 Å². The minimum atomic E-state index is -0.122. The highest BCUT2D eigenvalue weighted by Crippen LogP contribution is 2.23. The minimum Gasteiger partial charge on any atom is -0.296 e. The summed E-state index contributed by atoms with van der Waals surface area (Å²) in [6.07, 6.45) is 4.42. The van der Waals surface area contributed by atoms with Gasteiger partial charge in [0.05, 0.1) is 0 Å². The van der Waals surface area contributed by atoms with Gasteiger partial charge < -0.3 is 0 Å². The molecule has 0 aliphatic carbocycles. The second-order valence-corrected chi connectivity index (χ2v) is 7.51. The van der Waals surface area contributed by atoms with Crippen molar-refractivity contribution in [3.05, 3.63) is 35.9 Å². The fourth-order valence-electron chi connectivity index (χ4n) is 2.73. The molecule has 0 saturated carbocycles. The average Bonchev–Trinajstić information content (AvgIpc) is 2.85. The Balaban J connectivity index is 1.56. The van der Waals surface area contributed by atoms with E-state index in [1.807, 2.05) is 6.07 Å². The van der Waals surface area contributed by atoms with E-state index in [1.165, 1.54) is 5.56 Å². The number of carbonyl (C=O) groups is 2. The molecule has 1 aliphatic heterocycles. The highest BCUT2D eigenvalue weighted by molar-refractivity contribution is 7.97. The number of carbonyl (C=O) groups excluding carboxylic acids is 2. The Morgan fingerprint density at radius 3 is 2.57 bits per heavy atom. The largest absolute Gasteiger partial charge is 0.296 e. The van der Waals surface area contributed by atoms with Crippen LogP contribution in [0.25, 0.3) is 0 Å². The van der Waals surface area contributed by atoms with E-state index < -0.39 is 0 Å². The molecule has 2 amide bonds. The van der Waals surface area contributed by atoms with Crippen molar-refractivity contribution >= 4 is 23.8 Å². The molecule has 126 valence electrons. The third kappa shape index (κ3) is 5.66. The Kier molecular flexibility index (Phi) is 6.66. The van der Waals surface area contributed by atoms with Crippen LogP contribution in [0.4, 0.5) is 0 Å². The summed E-state index contributed by atoms with van der Waals surface area (Å²) in [5.74, 6) is 0.746. The maximum atomic E-state index is 11.4. The zero-order valence-corrected chi connectivity index (χ0v) is 14.7. The molecule has 2 N–H and O–H groups in total. The van der Waals surface area contributed by atoms with Gasteiger partial charge in [0.1, 0.15) is 0 Å². The number of hydrogen-bond acceptors (Lipinski definition) is 4. The van der Waals surface area contributed by atoms with Crippen molar-refractivity contribution in [2.45, 2.75) is 51.5 Å². The minimum absolute atomic E-state index is 0.0474. The summed E-state index contributed by atoms with van der Waals surface area (Å²) in [6.45, 7) is 4.37. The quantitative estimate of drug-likeness (QED) is 0.413. The van der Waals surface area contributed by atoms with Crippen LogP contribution >= 0.6 is 11.9 Å². The fraction of sp³-hybridized carbons (Fsp3) is 0.556. The van der Waals surface area contributed by atoms with E-state index in [1.54, 1.807) is 11.9 Å². The number of nitrogens with one attached hydrogen (secondary N) is 2. The van der Waals surface area contributed by atoms with Crippen LogP contribution in [0.3, 0.4) is 0 Å². The molecular weight excluding hydrogens is 308 g/mol. The van der Waals surface area contributed by atoms with Gasteiger partial charge >= 0.3 is 0 Å². The van der Waals surface area contributed by atoms with Crippen molar-refractivity contribution in [1.82, 2.24) is 10.0 Å². The highest BCUT2D eigenvalue weighted by Gasteiger charge is 2.29. The van der Waals surface area contributed by atoms with E-state index in [9.17, 15) is 9.59 Å². The average molecular weight is 334 g/mol. The van der Waals surface area contributed by atoms with Gasteiger partial charge in [-0.3, -0.25) is 19.6 Å². The van der Waals surface area contributed by atoms with Crippen molar-refractivity contribution in [2.24, 2.45) is 5.92 Å². The van der Waals surface area contributed by atoms with Gasteiger partial charge in [-0.2, -0.15) is 0 Å². The summed E-state index contributed by atoms with van der Waals surface area (Å²) >= 11 is 1.76. The molecule has 0 bridgehead atoms. The van der Waals surface area contributed by atoms with Crippen molar-refractivity contribution < 1.29 is 9.59 Å². The number of imide groups is 1. The lowest BCUT2D eigenvalue weighted by Gasteiger charge is -2.26. The first-order valence-corrected chi connectivity index (χ1v) is 9.26. The van der Waals surface area contributed by atoms with Crippen LogP contribution in [0.5, 0.6) is 0 Å². The van der Waals surface area contributed by atoms with Crippen LogP contribution in [0.2, 0.25) is 0 Å². The Hall–Kier alpha value is -1.33. The van der Waals surface area contributed by atoms with Gasteiger partial charge in [-0.05, 0) is 32.3 Å². The van der Waals surface area contributed by atoms with Gasteiger partial charge in [0, 0.05) is 23.6 Å². The zero-order valence-electron chi connectivity index (χ0n) is 13.9. The lowest BCUT2D eigenvalue weighted by atomic mass is 9.96. The Morgan fingerprint density at radius 1 is 1.17 bits per heavy atom. The molecule has 1 heterocycles. The lowest BCUT2D eigenvalue weighted by Crippen LogP contribution is -2.31. The first-order valence-electron chi connectivity index (χ1n) is 8.27. The molecule has 23 heavy (non-hydrogen) atoms. The van der Waals surface area contributed by atoms with Gasteiger partial charge in [-0.1, -0.05) is 55.1 Å². The van der Waals surface area contributed by atoms with Gasteiger partial charge in [0.2, 0.25) is 11.8 Å². The third-order valence-electron chi connectivity index (χ3n) is 4.19. The van der Waals surface area contributed by atoms with E-state index in [0.29, 0.717) is 6.42 Å². The standard InChI is InChI=1S/C18H26N2O2S/c1-18(2,15-10-6-3-7-11-15)20-23-12-8-4-5-9-14-13-16(21)19-17(14)22/h3,6-7,10-11,14,20H,4-5,8-9,12-13H2,1-2H3,(H,19,21,22). The summed E-state index contributed by atoms with van der Waals surface area (Å²) in [6, 6.07) is 10.4. The van der Waals surface area contributed by atoms with Crippen LogP contribution in [-0.4, -0.2) is 17.6 Å². The topological polar surface area (TPSA) is 58.2 Å². The van der Waals surface area contributed by atoms with Gasteiger partial charge in [-0.15, -0.1) is 0 Å². The number of hydrogen-bond donors (Lipinski definition) is 2. The summed E-state index contributed by atoms with van der Waals surface area (Å²) in [5.41, 5.74) is 1.23. The third-order valence-corrected chi connectivity index (χ3v) is 5.33. The molecule has 1 aromatic rings. The number of amides is 2. The predicted molar refractivity (Wildman–Crippen MR) is 94.8 cm³/mol. The van der Waals surface area contributed by atoms with E-state index in [0.717, 1.165) is 31.4 Å². The van der Waals surface area contributed by atoms with Gasteiger partial charge in [0.15, 0.2) is 0 Å². The van der Waals surface area contributed by atoms with E-state index in [2.05, 4.69) is 48.2 Å². The molecule has 5 heteroatoms. The molecule has 1 unspecified atom stereocenters. The lowest BCUT2D eigenvalue weighted by molar-refractivity contribution is -0.125. The molecule has 1 fully saturated rings. The molecule has 1 atom stereocenters. The van der Waals surface area contributed by atoms with E-state index >= 15 is 0 Å². The van der Waals surface area contributed by atoms with E-state index in [4.69, 9.17) is 0 Å². The van der Waals surface area contributed by atoms with Crippen LogP contribution in [0, 0.1) is 5.92 Å². The molecule has 4 nitrogen and oxygen atoms in total. The second-order valence-electron chi connectivity index (χ2n) is 6.60. The molecule has 1 saturated heterocycles. The maximum Gasteiger partial charge on any atom is 0.230 e. The summed E-state index contributed by atoms with van der Waals surface area (Å²) < 4.78 is 3.53. The SMILES string of the molecule is CC(C)(NSCCCCCC1CC(=O)NC1=O)c1ccccc1. The van der Waals surface area contributed by atoms with Crippen LogP contribution in [0.1, 0.15) is 51.5 Å². The predicted octanol–water partition coefficient (Wildman–Crippen LogP) is 3.38. The number of rotatable bonds is 9. The molecule has 1 aromatic carbocycles. The Morgan fingerprint density at radius 2 is 1.91 bits per heavy atom. The smallest absolute Gasteiger partial charge is 0.230 e. The molecule has 1 aliphatic rings. The Labute approximate surface area is 142 Å². The summed E-state index contributed by atoms with van der Waals surface area (Å²) in [5, 5.41) is 2.37. The summed E-state index contributed by atoms with van der Waals surface area (Å²) in [4.78, 5) is 22.6.